The van der Waals surface area contributed by atoms with Gasteiger partial charge in [0, 0.05) is 24.7 Å². The lowest BCUT2D eigenvalue weighted by Gasteiger charge is -2.37. The average molecular weight is 448 g/mol. The van der Waals surface area contributed by atoms with Gasteiger partial charge in [-0.05, 0) is 69.5 Å². The summed E-state index contributed by atoms with van der Waals surface area (Å²) in [6, 6.07) is 7.20. The highest BCUT2D eigenvalue weighted by Crippen LogP contribution is 2.34. The predicted octanol–water partition coefficient (Wildman–Crippen LogP) is 4.78. The third-order valence-electron chi connectivity index (χ3n) is 6.49. The summed E-state index contributed by atoms with van der Waals surface area (Å²) in [5, 5.41) is 0. The van der Waals surface area contributed by atoms with Crippen molar-refractivity contribution in [2.24, 2.45) is 0 Å². The predicted molar refractivity (Wildman–Crippen MR) is 116 cm³/mol. The highest BCUT2D eigenvalue weighted by molar-refractivity contribution is 5.98. The van der Waals surface area contributed by atoms with Crippen LogP contribution in [0.25, 0.3) is 11.3 Å². The minimum Gasteiger partial charge on any atom is -0.480 e. The normalized spacial score (nSPS) is 18.2. The zero-order valence-electron chi connectivity index (χ0n) is 18.4. The molecule has 0 atom stereocenters. The summed E-state index contributed by atoms with van der Waals surface area (Å²) in [5.41, 5.74) is 0.939. The van der Waals surface area contributed by atoms with Gasteiger partial charge in [0.15, 0.2) is 0 Å². The number of aromatic nitrogens is 1. The van der Waals surface area contributed by atoms with Crippen LogP contribution in [0.15, 0.2) is 30.3 Å². The molecular formula is C24H28F3N3O2. The molecule has 0 saturated carbocycles. The van der Waals surface area contributed by atoms with E-state index in [-0.39, 0.29) is 11.8 Å². The molecule has 2 aliphatic heterocycles. The number of hydrogen-bond donors (Lipinski definition) is 0. The highest BCUT2D eigenvalue weighted by atomic mass is 19.4. The Balaban J connectivity index is 1.56. The van der Waals surface area contributed by atoms with Crippen LogP contribution in [0.1, 0.15) is 47.2 Å². The fourth-order valence-corrected chi connectivity index (χ4v) is 4.75. The minimum absolute atomic E-state index is 0.137. The number of hydrogen-bond acceptors (Lipinski definition) is 4. The molecule has 0 unspecified atom stereocenters. The van der Waals surface area contributed by atoms with Gasteiger partial charge in [0.1, 0.15) is 5.56 Å². The molecule has 0 aliphatic carbocycles. The number of benzene rings is 1. The zero-order chi connectivity index (χ0) is 22.9. The van der Waals surface area contributed by atoms with Crippen LogP contribution < -0.4 is 4.74 Å². The molecule has 1 amide bonds. The lowest BCUT2D eigenvalue weighted by molar-refractivity contribution is -0.137. The SMILES string of the molecule is COc1nc(-c2cccc(C(F)(F)F)c2)cc(C)c1C(=O)N1CCC(N2CCCC2)CC1. The molecule has 5 nitrogen and oxygen atoms in total. The quantitative estimate of drug-likeness (QED) is 0.677. The van der Waals surface area contributed by atoms with Gasteiger partial charge in [-0.3, -0.25) is 4.79 Å². The van der Waals surface area contributed by atoms with Crippen molar-refractivity contribution >= 4 is 5.91 Å². The van der Waals surface area contributed by atoms with Crippen molar-refractivity contribution in [3.63, 3.8) is 0 Å². The number of aryl methyl sites for hydroxylation is 1. The number of carbonyl (C=O) groups is 1. The first kappa shape index (κ1) is 22.6. The molecule has 8 heteroatoms. The van der Waals surface area contributed by atoms with Crippen LogP contribution in [-0.2, 0) is 6.18 Å². The first-order chi connectivity index (χ1) is 15.3. The van der Waals surface area contributed by atoms with E-state index in [2.05, 4.69) is 9.88 Å². The maximum Gasteiger partial charge on any atom is 0.416 e. The second-order valence-corrected chi connectivity index (χ2v) is 8.55. The second-order valence-electron chi connectivity index (χ2n) is 8.55. The molecule has 2 fully saturated rings. The van der Waals surface area contributed by atoms with Crippen molar-refractivity contribution in [3.05, 3.63) is 47.0 Å². The maximum absolute atomic E-state index is 13.3. The summed E-state index contributed by atoms with van der Waals surface area (Å²) in [6.45, 7) is 5.42. The van der Waals surface area contributed by atoms with Crippen molar-refractivity contribution in [2.45, 2.75) is 44.8 Å². The van der Waals surface area contributed by atoms with Crippen LogP contribution in [0.4, 0.5) is 13.2 Å². The summed E-state index contributed by atoms with van der Waals surface area (Å²) < 4.78 is 44.7. The smallest absolute Gasteiger partial charge is 0.416 e. The summed E-state index contributed by atoms with van der Waals surface area (Å²) in [5.74, 6) is 0.00592. The van der Waals surface area contributed by atoms with Gasteiger partial charge < -0.3 is 14.5 Å². The highest BCUT2D eigenvalue weighted by Gasteiger charge is 2.32. The van der Waals surface area contributed by atoms with E-state index in [1.807, 2.05) is 4.90 Å². The Bertz CT molecular complexity index is 979. The van der Waals surface area contributed by atoms with Crippen LogP contribution in [0, 0.1) is 6.92 Å². The number of pyridine rings is 1. The van der Waals surface area contributed by atoms with E-state index in [4.69, 9.17) is 4.74 Å². The Morgan fingerprint density at radius 3 is 2.41 bits per heavy atom. The van der Waals surface area contributed by atoms with Gasteiger partial charge in [-0.2, -0.15) is 13.2 Å². The molecule has 1 aromatic carbocycles. The molecular weight excluding hydrogens is 419 g/mol. The number of piperidine rings is 1. The van der Waals surface area contributed by atoms with Crippen LogP contribution >= 0.6 is 0 Å². The van der Waals surface area contributed by atoms with Crippen molar-refractivity contribution in [3.8, 4) is 17.1 Å². The van der Waals surface area contributed by atoms with Gasteiger partial charge in [-0.25, -0.2) is 4.98 Å². The van der Waals surface area contributed by atoms with Gasteiger partial charge in [-0.1, -0.05) is 12.1 Å². The Morgan fingerprint density at radius 1 is 1.09 bits per heavy atom. The summed E-state index contributed by atoms with van der Waals surface area (Å²) in [7, 11) is 1.42. The van der Waals surface area contributed by atoms with Gasteiger partial charge in [-0.15, -0.1) is 0 Å². The molecule has 2 aliphatic rings. The van der Waals surface area contributed by atoms with Crippen LogP contribution in [0.2, 0.25) is 0 Å². The number of nitrogens with zero attached hydrogens (tertiary/aromatic N) is 3. The van der Waals surface area contributed by atoms with E-state index in [1.165, 1.54) is 26.0 Å². The van der Waals surface area contributed by atoms with Gasteiger partial charge >= 0.3 is 6.18 Å². The Labute approximate surface area is 186 Å². The first-order valence-corrected chi connectivity index (χ1v) is 11.0. The largest absolute Gasteiger partial charge is 0.480 e. The molecule has 0 bridgehead atoms. The van der Waals surface area contributed by atoms with Crippen molar-refractivity contribution < 1.29 is 22.7 Å². The molecule has 0 radical (unpaired) electrons. The van der Waals surface area contributed by atoms with Crippen molar-refractivity contribution in [2.75, 3.05) is 33.3 Å². The molecule has 2 aromatic rings. The lowest BCUT2D eigenvalue weighted by Crippen LogP contribution is -2.46. The molecule has 3 heterocycles. The van der Waals surface area contributed by atoms with Crippen LogP contribution in [0.5, 0.6) is 5.88 Å². The standard InChI is InChI=1S/C24H28F3N3O2/c1-16-14-20(17-6-5-7-18(15-17)24(25,26)27)28-22(32-2)21(16)23(31)30-12-8-19(9-13-30)29-10-3-4-11-29/h5-7,14-15,19H,3-4,8-13H2,1-2H3. The third kappa shape index (κ3) is 4.60. The number of carbonyl (C=O) groups excluding carboxylic acids is 1. The van der Waals surface area contributed by atoms with E-state index >= 15 is 0 Å². The molecule has 172 valence electrons. The third-order valence-corrected chi connectivity index (χ3v) is 6.49. The fraction of sp³-hybridized carbons (Fsp3) is 0.500. The van der Waals surface area contributed by atoms with Crippen molar-refractivity contribution in [1.29, 1.82) is 0 Å². The van der Waals surface area contributed by atoms with E-state index < -0.39 is 11.7 Å². The number of amides is 1. The Morgan fingerprint density at radius 2 is 1.78 bits per heavy atom. The van der Waals surface area contributed by atoms with Gasteiger partial charge in [0.05, 0.1) is 18.4 Å². The summed E-state index contributed by atoms with van der Waals surface area (Å²) >= 11 is 0. The minimum atomic E-state index is -4.44. The number of halogens is 3. The zero-order valence-corrected chi connectivity index (χ0v) is 18.4. The molecule has 0 N–H and O–H groups in total. The topological polar surface area (TPSA) is 45.7 Å². The fourth-order valence-electron chi connectivity index (χ4n) is 4.75. The summed E-state index contributed by atoms with van der Waals surface area (Å²) in [6.07, 6.45) is -0.0448. The van der Waals surface area contributed by atoms with Gasteiger partial charge in [0.25, 0.3) is 5.91 Å². The molecule has 0 spiro atoms. The average Bonchev–Trinajstić information content (AvgIpc) is 3.33. The second kappa shape index (κ2) is 9.10. The first-order valence-electron chi connectivity index (χ1n) is 11.0. The van der Waals surface area contributed by atoms with E-state index in [9.17, 15) is 18.0 Å². The number of methoxy groups -OCH3 is 1. The summed E-state index contributed by atoms with van der Waals surface area (Å²) in [4.78, 5) is 22.1. The van der Waals surface area contributed by atoms with Crippen LogP contribution in [-0.4, -0.2) is 60.0 Å². The van der Waals surface area contributed by atoms with E-state index in [0.717, 1.165) is 38.1 Å². The number of alkyl halides is 3. The van der Waals surface area contributed by atoms with Crippen molar-refractivity contribution in [1.82, 2.24) is 14.8 Å². The van der Waals surface area contributed by atoms with Gasteiger partial charge in [0.2, 0.25) is 5.88 Å². The molecule has 4 rings (SSSR count). The lowest BCUT2D eigenvalue weighted by atomic mass is 10.0. The van der Waals surface area contributed by atoms with E-state index in [1.54, 1.807) is 19.1 Å². The number of ether oxygens (including phenoxy) is 1. The van der Waals surface area contributed by atoms with E-state index in [0.29, 0.717) is 41.5 Å². The maximum atomic E-state index is 13.3. The molecule has 1 aromatic heterocycles. The monoisotopic (exact) mass is 447 g/mol. The Hall–Kier alpha value is -2.61. The Kier molecular flexibility index (Phi) is 6.42. The number of rotatable bonds is 4. The molecule has 32 heavy (non-hydrogen) atoms. The number of likely N-dealkylation sites (tertiary alicyclic amines) is 2. The molecule has 2 saturated heterocycles. The van der Waals surface area contributed by atoms with Crippen LogP contribution in [0.3, 0.4) is 0 Å².